The van der Waals surface area contributed by atoms with Crippen LogP contribution in [0.15, 0.2) is 103 Å². The monoisotopic (exact) mass is 389 g/mol. The Balaban J connectivity index is 2.21. The van der Waals surface area contributed by atoms with Crippen LogP contribution in [-0.4, -0.2) is 18.7 Å². The summed E-state index contributed by atoms with van der Waals surface area (Å²) in [5, 5.41) is 3.93. The lowest BCUT2D eigenvalue weighted by Crippen LogP contribution is -2.33. The Labute approximate surface area is 168 Å². The third-order valence-electron chi connectivity index (χ3n) is 4.73. The fourth-order valence-electron chi connectivity index (χ4n) is 3.57. The molecule has 3 heteroatoms. The second kappa shape index (κ2) is 9.48. The highest BCUT2D eigenvalue weighted by molar-refractivity contribution is 7.95. The lowest BCUT2D eigenvalue weighted by molar-refractivity contribution is -0.137. The van der Waals surface area contributed by atoms with Crippen molar-refractivity contribution in [1.82, 2.24) is 0 Å². The summed E-state index contributed by atoms with van der Waals surface area (Å²) in [6.07, 6.45) is 2.44. The Bertz CT molecular complexity index is 822. The van der Waals surface area contributed by atoms with Crippen molar-refractivity contribution in [2.45, 2.75) is 13.8 Å². The zero-order chi connectivity index (χ0) is 19.8. The van der Waals surface area contributed by atoms with Gasteiger partial charge in [-0.25, -0.2) is 4.79 Å². The average molecular weight is 389 g/mol. The molecule has 28 heavy (non-hydrogen) atoms. The van der Waals surface area contributed by atoms with Crippen LogP contribution in [-0.2, 0) is 9.53 Å². The molecule has 0 heterocycles. The van der Waals surface area contributed by atoms with Gasteiger partial charge in [0.05, 0.1) is 12.8 Å². The van der Waals surface area contributed by atoms with Crippen LogP contribution >= 0.6 is 7.26 Å². The van der Waals surface area contributed by atoms with Crippen LogP contribution < -0.4 is 15.9 Å². The summed E-state index contributed by atoms with van der Waals surface area (Å²) in [5.41, 5.74) is 1.03. The van der Waals surface area contributed by atoms with Crippen molar-refractivity contribution in [2.24, 2.45) is 0 Å². The van der Waals surface area contributed by atoms with Gasteiger partial charge in [-0.05, 0) is 55.8 Å². The molecule has 3 aromatic carbocycles. The lowest BCUT2D eigenvalue weighted by Gasteiger charge is -2.28. The quantitative estimate of drug-likeness (QED) is 0.338. The van der Waals surface area contributed by atoms with Gasteiger partial charge in [0.1, 0.15) is 23.2 Å². The largest absolute Gasteiger partial charge is 0.463 e. The topological polar surface area (TPSA) is 26.3 Å². The Morgan fingerprint density at radius 2 is 1.18 bits per heavy atom. The number of allylic oxidation sites excluding steroid dienone is 1. The molecule has 3 aromatic rings. The number of rotatable bonds is 7. The molecule has 0 unspecified atom stereocenters. The van der Waals surface area contributed by atoms with E-state index in [1.54, 1.807) is 6.08 Å². The van der Waals surface area contributed by atoms with Gasteiger partial charge in [-0.15, -0.1) is 0 Å². The molecule has 0 fully saturated rings. The fraction of sp³-hybridized carbons (Fsp3) is 0.160. The first-order valence-electron chi connectivity index (χ1n) is 9.55. The van der Waals surface area contributed by atoms with E-state index >= 15 is 0 Å². The molecule has 0 radical (unpaired) electrons. The van der Waals surface area contributed by atoms with Crippen molar-refractivity contribution in [2.75, 3.05) is 12.8 Å². The minimum Gasteiger partial charge on any atom is -0.463 e. The molecule has 0 aromatic heterocycles. The first-order valence-corrected chi connectivity index (χ1v) is 11.5. The van der Waals surface area contributed by atoms with Crippen molar-refractivity contribution < 1.29 is 9.53 Å². The maximum Gasteiger partial charge on any atom is 0.330 e. The Kier molecular flexibility index (Phi) is 6.79. The van der Waals surface area contributed by atoms with Crippen LogP contribution in [0.2, 0.25) is 0 Å². The predicted octanol–water partition coefficient (Wildman–Crippen LogP) is 4.49. The summed E-state index contributed by atoms with van der Waals surface area (Å²) in [7, 11) is -1.96. The van der Waals surface area contributed by atoms with Gasteiger partial charge in [0.25, 0.3) is 0 Å². The number of esters is 1. The number of carbonyl (C=O) groups is 1. The molecule has 0 aliphatic rings. The van der Waals surface area contributed by atoms with Crippen molar-refractivity contribution in [3.05, 3.63) is 103 Å². The highest BCUT2D eigenvalue weighted by atomic mass is 31.2. The second-order valence-corrected chi connectivity index (χ2v) is 10.2. The van der Waals surface area contributed by atoms with Crippen molar-refractivity contribution in [3.63, 3.8) is 0 Å². The predicted molar refractivity (Wildman–Crippen MR) is 120 cm³/mol. The molecule has 0 N–H and O–H groups in total. The van der Waals surface area contributed by atoms with E-state index in [1.165, 1.54) is 15.9 Å². The number of carbonyl (C=O) groups excluding carboxylic acids is 1. The fourth-order valence-corrected chi connectivity index (χ4v) is 7.90. The number of ether oxygens (including phenoxy) is 1. The molecule has 3 rings (SSSR count). The smallest absolute Gasteiger partial charge is 0.330 e. The standard InChI is InChI=1S/C25H26O2P/c1-3-27-25(26)19-21(2)20-28(22-13-7-4-8-14-22,23-15-9-5-10-16-23)24-17-11-6-12-18-24/h4-19H,3,20H2,1-2H3/q+1/b21-19+. The van der Waals surface area contributed by atoms with Gasteiger partial charge in [-0.2, -0.15) is 0 Å². The summed E-state index contributed by atoms with van der Waals surface area (Å²) in [4.78, 5) is 12.1. The molecule has 0 atom stereocenters. The zero-order valence-corrected chi connectivity index (χ0v) is 17.3. The third kappa shape index (κ3) is 4.40. The highest BCUT2D eigenvalue weighted by Gasteiger charge is 2.45. The summed E-state index contributed by atoms with van der Waals surface area (Å²) in [6, 6.07) is 32.0. The van der Waals surface area contributed by atoms with E-state index in [9.17, 15) is 4.79 Å². The van der Waals surface area contributed by atoms with Crippen molar-refractivity contribution >= 4 is 29.1 Å². The molecule has 2 nitrogen and oxygen atoms in total. The van der Waals surface area contributed by atoms with Crippen LogP contribution in [0, 0.1) is 0 Å². The number of benzene rings is 3. The maximum atomic E-state index is 12.1. The first kappa shape index (κ1) is 20.0. The van der Waals surface area contributed by atoms with Crippen LogP contribution in [0.4, 0.5) is 0 Å². The van der Waals surface area contributed by atoms with Crippen molar-refractivity contribution in [1.29, 1.82) is 0 Å². The van der Waals surface area contributed by atoms with E-state index in [0.29, 0.717) is 6.61 Å². The second-order valence-electron chi connectivity index (χ2n) is 6.72. The van der Waals surface area contributed by atoms with E-state index in [4.69, 9.17) is 4.74 Å². The van der Waals surface area contributed by atoms with Crippen LogP contribution in [0.5, 0.6) is 0 Å². The van der Waals surface area contributed by atoms with Gasteiger partial charge in [0.15, 0.2) is 0 Å². The molecule has 0 spiro atoms. The molecule has 0 aliphatic carbocycles. The van der Waals surface area contributed by atoms with Crippen LogP contribution in [0.1, 0.15) is 13.8 Å². The Morgan fingerprint density at radius 3 is 1.54 bits per heavy atom. The van der Waals surface area contributed by atoms with Crippen LogP contribution in [0.25, 0.3) is 0 Å². The summed E-state index contributed by atoms with van der Waals surface area (Å²) < 4.78 is 5.14. The molecule has 0 saturated carbocycles. The van der Waals surface area contributed by atoms with Gasteiger partial charge >= 0.3 is 5.97 Å². The molecule has 142 valence electrons. The highest BCUT2D eigenvalue weighted by Crippen LogP contribution is 2.56. The van der Waals surface area contributed by atoms with Crippen LogP contribution in [0.3, 0.4) is 0 Å². The van der Waals surface area contributed by atoms with E-state index < -0.39 is 7.26 Å². The van der Waals surface area contributed by atoms with E-state index in [-0.39, 0.29) is 5.97 Å². The summed E-state index contributed by atoms with van der Waals surface area (Å²) >= 11 is 0. The Hall–Kier alpha value is -2.70. The van der Waals surface area contributed by atoms with Gasteiger partial charge in [-0.1, -0.05) is 54.6 Å². The summed E-state index contributed by atoms with van der Waals surface area (Å²) in [6.45, 7) is 4.25. The van der Waals surface area contributed by atoms with Gasteiger partial charge in [0, 0.05) is 6.08 Å². The Morgan fingerprint density at radius 1 is 0.786 bits per heavy atom. The van der Waals surface area contributed by atoms with Gasteiger partial charge < -0.3 is 4.74 Å². The number of hydrogen-bond acceptors (Lipinski definition) is 2. The molecular weight excluding hydrogens is 363 g/mol. The molecule has 0 amide bonds. The minimum absolute atomic E-state index is 0.271. The maximum absolute atomic E-state index is 12.1. The molecular formula is C25H26O2P+. The van der Waals surface area contributed by atoms with Crippen molar-refractivity contribution in [3.8, 4) is 0 Å². The molecule has 0 aliphatic heterocycles. The van der Waals surface area contributed by atoms with Gasteiger partial charge in [0.2, 0.25) is 0 Å². The first-order chi connectivity index (χ1) is 13.7. The van der Waals surface area contributed by atoms with E-state index in [1.807, 2.05) is 13.8 Å². The van der Waals surface area contributed by atoms with E-state index in [0.717, 1.165) is 11.7 Å². The van der Waals surface area contributed by atoms with E-state index in [2.05, 4.69) is 91.0 Å². The molecule has 0 bridgehead atoms. The lowest BCUT2D eigenvalue weighted by atomic mass is 10.3. The third-order valence-corrected chi connectivity index (χ3v) is 9.24. The number of hydrogen-bond donors (Lipinski definition) is 0. The zero-order valence-electron chi connectivity index (χ0n) is 16.4. The minimum atomic E-state index is -1.96. The SMILES string of the molecule is CCOC(=O)/C=C(\C)C[P+](c1ccccc1)(c1ccccc1)c1ccccc1. The normalized spacial score (nSPS) is 11.9. The summed E-state index contributed by atoms with van der Waals surface area (Å²) in [5.74, 6) is -0.271. The molecule has 0 saturated heterocycles. The van der Waals surface area contributed by atoms with Gasteiger partial charge in [-0.3, -0.25) is 0 Å². The average Bonchev–Trinajstić information content (AvgIpc) is 2.74.